The van der Waals surface area contributed by atoms with Gasteiger partial charge in [0.15, 0.2) is 29.6 Å². The largest absolute Gasteiger partial charge is 0.493 e. The Balaban J connectivity index is 1.39. The fourth-order valence-corrected chi connectivity index (χ4v) is 5.51. The van der Waals surface area contributed by atoms with E-state index in [1.165, 1.54) is 13.3 Å². The van der Waals surface area contributed by atoms with Crippen molar-refractivity contribution in [2.24, 2.45) is 5.10 Å². The Labute approximate surface area is 295 Å². The number of hydrogen-bond acceptors (Lipinski definition) is 9. The van der Waals surface area contributed by atoms with E-state index in [9.17, 15) is 14.4 Å². The number of amides is 3. The van der Waals surface area contributed by atoms with Gasteiger partial charge in [-0.15, -0.1) is 0 Å². The van der Waals surface area contributed by atoms with Crippen LogP contribution < -0.4 is 35.0 Å². The molecule has 3 N–H and O–H groups in total. The number of methoxy groups -OCH3 is 1. The number of hydrogen-bond donors (Lipinski definition) is 3. The Morgan fingerprint density at radius 1 is 0.979 bits per heavy atom. The summed E-state index contributed by atoms with van der Waals surface area (Å²) in [5, 5.41) is 10.2. The van der Waals surface area contributed by atoms with E-state index in [1.807, 2.05) is 13.0 Å². The van der Waals surface area contributed by atoms with Gasteiger partial charge in [-0.05, 0) is 89.8 Å². The van der Waals surface area contributed by atoms with E-state index >= 15 is 0 Å². The number of rotatable bonds is 14. The first-order chi connectivity index (χ1) is 23.0. The summed E-state index contributed by atoms with van der Waals surface area (Å²) >= 11 is 15.6. The van der Waals surface area contributed by atoms with Crippen LogP contribution in [0.5, 0.6) is 23.0 Å². The number of carbonyl (C=O) groups is 3. The third-order valence-corrected chi connectivity index (χ3v) is 8.07. The highest BCUT2D eigenvalue weighted by molar-refractivity contribution is 9.10. The Morgan fingerprint density at radius 2 is 1.77 bits per heavy atom. The molecule has 254 valence electrons. The van der Waals surface area contributed by atoms with Crippen LogP contribution in [-0.4, -0.2) is 51.1 Å². The van der Waals surface area contributed by atoms with E-state index < -0.39 is 23.9 Å². The Kier molecular flexibility index (Phi) is 13.0. The van der Waals surface area contributed by atoms with Crippen LogP contribution in [0.25, 0.3) is 0 Å². The minimum Gasteiger partial charge on any atom is -0.493 e. The Morgan fingerprint density at radius 3 is 2.48 bits per heavy atom. The number of nitrogens with one attached hydrogen (secondary N) is 3. The Bertz CT molecular complexity index is 1750. The first-order valence-corrected chi connectivity index (χ1v) is 16.2. The van der Waals surface area contributed by atoms with Gasteiger partial charge in [0.05, 0.1) is 52.7 Å². The van der Waals surface area contributed by atoms with Crippen molar-refractivity contribution in [3.63, 3.8) is 0 Å². The quantitative estimate of drug-likeness (QED) is 0.0964. The standard InChI is InChI=1S/C33H33BrCl2N4O8/c1-5-45-27-13-20(11-22(34)31(27)48-16-19-7-9-23(35)24(36)12-19)15-37-40-28(41)17-47-25-10-8-21(14-26(25)44-4)30-29(32(42)46-6-2)18(3)38-33(43)39-30/h7-15,30H,5-6,16-17H2,1-4H3,(H,40,41)(H2,38,39,43)/b37-15-/t30-/m0/s1. The van der Waals surface area contributed by atoms with Gasteiger partial charge in [-0.2, -0.15) is 5.10 Å². The number of nitrogens with zero attached hydrogens (tertiary/aromatic N) is 1. The number of carbonyl (C=O) groups excluding carboxylic acids is 3. The number of benzene rings is 3. The summed E-state index contributed by atoms with van der Waals surface area (Å²) in [6.07, 6.45) is 1.45. The minimum absolute atomic E-state index is 0.174. The van der Waals surface area contributed by atoms with E-state index in [4.69, 9.17) is 46.9 Å². The summed E-state index contributed by atoms with van der Waals surface area (Å²) in [4.78, 5) is 37.4. The van der Waals surface area contributed by atoms with Gasteiger partial charge in [0.1, 0.15) is 6.61 Å². The molecule has 1 aliphatic heterocycles. The van der Waals surface area contributed by atoms with Gasteiger partial charge in [-0.1, -0.05) is 35.3 Å². The van der Waals surface area contributed by atoms with Crippen molar-refractivity contribution >= 4 is 63.3 Å². The van der Waals surface area contributed by atoms with Crippen LogP contribution in [0.15, 0.2) is 69.4 Å². The molecule has 12 nitrogen and oxygen atoms in total. The SMILES string of the molecule is CCOC(=O)C1=C(C)NC(=O)N[C@H]1c1ccc(OCC(=O)N/N=C\c2cc(Br)c(OCc3ccc(Cl)c(Cl)c3)c(OCC)c2)c(OC)c1. The predicted molar refractivity (Wildman–Crippen MR) is 184 cm³/mol. The molecule has 1 atom stereocenters. The molecule has 15 heteroatoms. The molecule has 1 aliphatic rings. The van der Waals surface area contributed by atoms with Crippen LogP contribution in [0.4, 0.5) is 4.79 Å². The molecule has 0 fully saturated rings. The molecular weight excluding hydrogens is 731 g/mol. The molecule has 0 bridgehead atoms. The fourth-order valence-electron chi connectivity index (χ4n) is 4.61. The molecule has 0 aliphatic carbocycles. The molecular formula is C33H33BrCl2N4O8. The lowest BCUT2D eigenvalue weighted by Gasteiger charge is -2.28. The lowest BCUT2D eigenvalue weighted by molar-refractivity contribution is -0.139. The van der Waals surface area contributed by atoms with Gasteiger partial charge in [-0.25, -0.2) is 15.0 Å². The molecule has 3 aromatic carbocycles. The lowest BCUT2D eigenvalue weighted by atomic mass is 9.95. The van der Waals surface area contributed by atoms with E-state index in [0.717, 1.165) is 5.56 Å². The molecule has 0 saturated carbocycles. The van der Waals surface area contributed by atoms with E-state index in [1.54, 1.807) is 56.3 Å². The first kappa shape index (κ1) is 36.4. The highest BCUT2D eigenvalue weighted by Gasteiger charge is 2.32. The average Bonchev–Trinajstić information content (AvgIpc) is 3.04. The molecule has 48 heavy (non-hydrogen) atoms. The predicted octanol–water partition coefficient (Wildman–Crippen LogP) is 6.46. The number of ether oxygens (including phenoxy) is 5. The van der Waals surface area contributed by atoms with Crippen molar-refractivity contribution in [3.8, 4) is 23.0 Å². The number of allylic oxidation sites excluding steroid dienone is 1. The maximum absolute atomic E-state index is 12.6. The maximum Gasteiger partial charge on any atom is 0.338 e. The third-order valence-electron chi connectivity index (χ3n) is 6.75. The van der Waals surface area contributed by atoms with Gasteiger partial charge in [0.2, 0.25) is 0 Å². The second kappa shape index (κ2) is 17.1. The summed E-state index contributed by atoms with van der Waals surface area (Å²) in [5.74, 6) is 0.422. The van der Waals surface area contributed by atoms with Crippen molar-refractivity contribution in [3.05, 3.63) is 91.0 Å². The zero-order valence-electron chi connectivity index (χ0n) is 26.4. The molecule has 0 unspecified atom stereocenters. The summed E-state index contributed by atoms with van der Waals surface area (Å²) in [6.45, 7) is 5.59. The zero-order valence-corrected chi connectivity index (χ0v) is 29.5. The Hall–Kier alpha value is -4.46. The first-order valence-electron chi connectivity index (χ1n) is 14.7. The molecule has 0 spiro atoms. The number of hydrazone groups is 1. The van der Waals surface area contributed by atoms with Crippen LogP contribution >= 0.6 is 39.1 Å². The van der Waals surface area contributed by atoms with Crippen LogP contribution in [0.1, 0.15) is 43.5 Å². The summed E-state index contributed by atoms with van der Waals surface area (Å²) < 4.78 is 28.7. The van der Waals surface area contributed by atoms with Crippen LogP contribution in [0.3, 0.4) is 0 Å². The molecule has 1 heterocycles. The fraction of sp³-hybridized carbons (Fsp3) is 0.273. The van der Waals surface area contributed by atoms with Crippen LogP contribution in [-0.2, 0) is 20.9 Å². The second-order valence-corrected chi connectivity index (χ2v) is 11.8. The minimum atomic E-state index is -0.787. The third kappa shape index (κ3) is 9.33. The molecule has 3 aromatic rings. The number of halogens is 3. The molecule has 0 radical (unpaired) electrons. The monoisotopic (exact) mass is 762 g/mol. The van der Waals surface area contributed by atoms with Crippen molar-refractivity contribution in [2.75, 3.05) is 26.9 Å². The van der Waals surface area contributed by atoms with Crippen molar-refractivity contribution in [2.45, 2.75) is 33.4 Å². The smallest absolute Gasteiger partial charge is 0.338 e. The van der Waals surface area contributed by atoms with Crippen LogP contribution in [0, 0.1) is 0 Å². The topological polar surface area (TPSA) is 146 Å². The normalized spacial score (nSPS) is 14.2. The van der Waals surface area contributed by atoms with Gasteiger partial charge in [-0.3, -0.25) is 4.79 Å². The summed E-state index contributed by atoms with van der Waals surface area (Å²) in [5.41, 5.74) is 5.07. The van der Waals surface area contributed by atoms with Crippen LogP contribution in [0.2, 0.25) is 10.0 Å². The highest BCUT2D eigenvalue weighted by atomic mass is 79.9. The molecule has 4 rings (SSSR count). The molecule has 3 amide bonds. The van der Waals surface area contributed by atoms with Gasteiger partial charge in [0.25, 0.3) is 5.91 Å². The second-order valence-electron chi connectivity index (χ2n) is 10.1. The number of esters is 1. The van der Waals surface area contributed by atoms with Gasteiger partial charge < -0.3 is 34.3 Å². The average molecular weight is 764 g/mol. The highest BCUT2D eigenvalue weighted by Crippen LogP contribution is 2.38. The van der Waals surface area contributed by atoms with Crippen molar-refractivity contribution < 1.29 is 38.1 Å². The van der Waals surface area contributed by atoms with E-state index in [-0.39, 0.29) is 36.9 Å². The van der Waals surface area contributed by atoms with Gasteiger partial charge in [0, 0.05) is 5.70 Å². The molecule has 0 saturated heterocycles. The van der Waals surface area contributed by atoms with Crippen molar-refractivity contribution in [1.82, 2.24) is 16.1 Å². The van der Waals surface area contributed by atoms with Crippen molar-refractivity contribution in [1.29, 1.82) is 0 Å². The van der Waals surface area contributed by atoms with E-state index in [0.29, 0.717) is 49.4 Å². The number of urea groups is 1. The van der Waals surface area contributed by atoms with Gasteiger partial charge >= 0.3 is 12.0 Å². The zero-order chi connectivity index (χ0) is 34.8. The summed E-state index contributed by atoms with van der Waals surface area (Å²) in [6, 6.07) is 12.3. The summed E-state index contributed by atoms with van der Waals surface area (Å²) in [7, 11) is 1.43. The van der Waals surface area contributed by atoms with E-state index in [2.05, 4.69) is 37.1 Å². The maximum atomic E-state index is 12.6. The lowest BCUT2D eigenvalue weighted by Crippen LogP contribution is -2.45. The molecule has 0 aromatic heterocycles.